The topological polar surface area (TPSA) is 131 Å². The van der Waals surface area contributed by atoms with Crippen LogP contribution in [0, 0.1) is 12.8 Å². The number of halogens is 1. The molecule has 1 aliphatic heterocycles. The number of amides is 2. The van der Waals surface area contributed by atoms with Crippen LogP contribution in [0.15, 0.2) is 75.6 Å². The summed E-state index contributed by atoms with van der Waals surface area (Å²) in [5.74, 6) is 1.48. The van der Waals surface area contributed by atoms with Crippen molar-refractivity contribution in [2.75, 3.05) is 29.6 Å². The van der Waals surface area contributed by atoms with Crippen molar-refractivity contribution in [2.24, 2.45) is 26.6 Å². The molecule has 2 amide bonds. The Morgan fingerprint density at radius 3 is 2.54 bits per heavy atom. The van der Waals surface area contributed by atoms with Crippen LogP contribution >= 0.6 is 30.2 Å². The van der Waals surface area contributed by atoms with E-state index in [-0.39, 0.29) is 5.91 Å². The van der Waals surface area contributed by atoms with E-state index in [2.05, 4.69) is 43.4 Å². The Morgan fingerprint density at radius 1 is 1.17 bits per heavy atom. The van der Waals surface area contributed by atoms with Gasteiger partial charge in [-0.15, -0.1) is 9.24 Å². The fourth-order valence-corrected chi connectivity index (χ4v) is 5.48. The highest BCUT2D eigenvalue weighted by Crippen LogP contribution is 2.31. The molecule has 0 aromatic heterocycles. The molecule has 0 bridgehead atoms. The number of rotatable bonds is 12. The molecule has 1 aliphatic rings. The summed E-state index contributed by atoms with van der Waals surface area (Å²) in [6.45, 7) is 7.23. The van der Waals surface area contributed by atoms with Crippen LogP contribution in [0.5, 0.6) is 5.75 Å². The number of nitrogens with one attached hydrogen (secondary N) is 1. The normalized spacial score (nSPS) is 14.9. The van der Waals surface area contributed by atoms with Gasteiger partial charge in [-0.2, -0.15) is 9.38 Å². The Kier molecular flexibility index (Phi) is 14.8. The predicted molar refractivity (Wildman–Crippen MR) is 195 cm³/mol. The minimum Gasteiger partial charge on any atom is -0.457 e. The summed E-state index contributed by atoms with van der Waals surface area (Å²) in [6, 6.07) is 18.3. The number of nitrogens with zero attached hydrogens (tertiary/aromatic N) is 4. The molecule has 3 aromatic rings. The molecule has 3 aromatic carbocycles. The molecule has 1 fully saturated rings. The summed E-state index contributed by atoms with van der Waals surface area (Å²) in [5, 5.41) is 4.51. The fraction of sp³-hybridized carbons (Fsp3) is 0.281. The summed E-state index contributed by atoms with van der Waals surface area (Å²) in [6.07, 6.45) is 0.422. The molecule has 10 nitrogen and oxygen atoms in total. The van der Waals surface area contributed by atoms with Crippen molar-refractivity contribution in [1.82, 2.24) is 0 Å². The van der Waals surface area contributed by atoms with Gasteiger partial charge in [0.05, 0.1) is 23.7 Å². The Balaban J connectivity index is 0.000000251. The smallest absolute Gasteiger partial charge is 0.249 e. The largest absolute Gasteiger partial charge is 0.457 e. The predicted octanol–water partition coefficient (Wildman–Crippen LogP) is 5.56. The highest BCUT2D eigenvalue weighted by molar-refractivity contribution is 8.15. The zero-order chi connectivity index (χ0) is 33.6. The van der Waals surface area contributed by atoms with Gasteiger partial charge in [0.15, 0.2) is 5.17 Å². The fourth-order valence-electron chi connectivity index (χ4n) is 4.07. The maximum Gasteiger partial charge on any atom is 0.249 e. The third-order valence-corrected chi connectivity index (χ3v) is 7.78. The van der Waals surface area contributed by atoms with E-state index in [1.807, 2.05) is 59.6 Å². The number of amidine groups is 2. The first-order valence-corrected chi connectivity index (χ1v) is 16.5. The summed E-state index contributed by atoms with van der Waals surface area (Å²) < 4.78 is 23.3. The highest BCUT2D eigenvalue weighted by atomic mass is 32.2. The van der Waals surface area contributed by atoms with Gasteiger partial charge in [0.25, 0.3) is 0 Å². The van der Waals surface area contributed by atoms with E-state index in [0.29, 0.717) is 53.7 Å². The lowest BCUT2D eigenvalue weighted by molar-refractivity contribution is -0.115. The van der Waals surface area contributed by atoms with Gasteiger partial charge in [0.2, 0.25) is 18.4 Å². The Bertz CT molecular complexity index is 1590. The van der Waals surface area contributed by atoms with Gasteiger partial charge < -0.3 is 20.5 Å². The maximum atomic E-state index is 12.7. The van der Waals surface area contributed by atoms with Crippen molar-refractivity contribution in [3.05, 3.63) is 77.4 Å². The zero-order valence-corrected chi connectivity index (χ0v) is 29.3. The number of carbonyl (C=O) groups excluding carboxylic acids is 2. The van der Waals surface area contributed by atoms with Crippen molar-refractivity contribution in [3.8, 4) is 5.75 Å². The number of thioether (sulfide) groups is 1. The number of aryl methyl sites for hydroxylation is 1. The lowest BCUT2D eigenvalue weighted by Gasteiger charge is -2.20. The summed E-state index contributed by atoms with van der Waals surface area (Å²) >= 11 is 1.28. The van der Waals surface area contributed by atoms with Crippen molar-refractivity contribution in [1.29, 1.82) is 0 Å². The third kappa shape index (κ3) is 11.3. The van der Waals surface area contributed by atoms with Crippen LogP contribution in [-0.4, -0.2) is 55.2 Å². The average molecular weight is 685 g/mol. The van der Waals surface area contributed by atoms with E-state index < -0.39 is 6.10 Å². The van der Waals surface area contributed by atoms with Gasteiger partial charge in [-0.1, -0.05) is 47.0 Å². The molecule has 0 spiro atoms. The van der Waals surface area contributed by atoms with Crippen molar-refractivity contribution >= 4 is 82.3 Å². The summed E-state index contributed by atoms with van der Waals surface area (Å²) in [7, 11) is 6.43. The van der Waals surface area contributed by atoms with E-state index >= 15 is 0 Å². The molecule has 0 radical (unpaired) electrons. The molecule has 3 N–H and O–H groups in total. The maximum absolute atomic E-state index is 12.7. The van der Waals surface area contributed by atoms with Gasteiger partial charge in [0.1, 0.15) is 17.9 Å². The van der Waals surface area contributed by atoms with Crippen molar-refractivity contribution in [2.45, 2.75) is 33.5 Å². The van der Waals surface area contributed by atoms with Gasteiger partial charge >= 0.3 is 0 Å². The minimum atomic E-state index is -1.43. The second-order valence-corrected chi connectivity index (χ2v) is 12.4. The standard InChI is InChI=1S/C16H19FN4OP2.C16H20N2O3S/c1-19-13-7-2-10(8-14(13)23)15(18)21-9-20-11-3-5-12(6-4-11)22-16(17)24;1-11(2)7-21-8-13-5-4-12(3)6-14(13)18-15(20)9-22-16(18)17-10-19/h2-9,16,19H,23-24H2,1H3,(H2,18,20,21);4-6,10-11H,7-9H2,1-3H3. The Hall–Kier alpha value is -3.69. The van der Waals surface area contributed by atoms with E-state index in [0.717, 1.165) is 33.4 Å². The number of hydrogen-bond acceptors (Lipinski definition) is 7. The zero-order valence-electron chi connectivity index (χ0n) is 26.1. The molecule has 1 heterocycles. The number of nitrogens with two attached hydrogens (primary N) is 1. The minimum absolute atomic E-state index is 0.0682. The molecule has 4 rings (SSSR count). The van der Waals surface area contributed by atoms with Crippen molar-refractivity contribution in [3.63, 3.8) is 0 Å². The van der Waals surface area contributed by atoms with E-state index in [1.165, 1.54) is 23.0 Å². The number of benzene rings is 3. The van der Waals surface area contributed by atoms with Gasteiger partial charge in [-0.05, 0) is 72.2 Å². The van der Waals surface area contributed by atoms with Crippen LogP contribution in [0.2, 0.25) is 0 Å². The molecule has 46 heavy (non-hydrogen) atoms. The van der Waals surface area contributed by atoms with Gasteiger partial charge in [-0.25, -0.2) is 9.98 Å². The third-order valence-electron chi connectivity index (χ3n) is 6.22. The SMILES string of the molecule is CNc1ccc(C(N)=NC=Nc2ccc(OC(F)P)cc2)cc1P.Cc1ccc(COCC(C)C)c(N2C(=O)CSC2=NC=O)c1. The second kappa shape index (κ2) is 18.5. The molecule has 14 heteroatoms. The lowest BCUT2D eigenvalue weighted by atomic mass is 10.1. The Morgan fingerprint density at radius 2 is 1.91 bits per heavy atom. The van der Waals surface area contributed by atoms with Crippen LogP contribution in [0.3, 0.4) is 0 Å². The second-order valence-electron chi connectivity index (χ2n) is 10.3. The first kappa shape index (κ1) is 36.8. The van der Waals surface area contributed by atoms with Crippen LogP contribution in [0.25, 0.3) is 0 Å². The molecule has 244 valence electrons. The Labute approximate surface area is 277 Å². The van der Waals surface area contributed by atoms with Crippen LogP contribution < -0.4 is 26.0 Å². The first-order valence-electron chi connectivity index (χ1n) is 14.3. The van der Waals surface area contributed by atoms with Gasteiger partial charge in [-0.3, -0.25) is 14.5 Å². The number of hydrogen-bond donors (Lipinski definition) is 2. The molecule has 1 saturated heterocycles. The molecule has 3 atom stereocenters. The van der Waals surface area contributed by atoms with E-state index in [9.17, 15) is 14.0 Å². The van der Waals surface area contributed by atoms with Crippen LogP contribution in [-0.2, 0) is 20.9 Å². The van der Waals surface area contributed by atoms with Gasteiger partial charge in [0, 0.05) is 30.5 Å². The number of carbonyl (C=O) groups is 2. The van der Waals surface area contributed by atoms with Crippen molar-refractivity contribution < 1.29 is 23.5 Å². The molecular formula is C32H39FN6O4P2S. The summed E-state index contributed by atoms with van der Waals surface area (Å²) in [5.41, 5.74) is 11.1. The number of ether oxygens (including phenoxy) is 2. The highest BCUT2D eigenvalue weighted by Gasteiger charge is 2.31. The number of aliphatic imine (C=N–C) groups is 3. The molecule has 0 aliphatic carbocycles. The summed E-state index contributed by atoms with van der Waals surface area (Å²) in [4.78, 5) is 36.5. The number of anilines is 2. The first-order chi connectivity index (χ1) is 22.0. The van der Waals surface area contributed by atoms with Crippen LogP contribution in [0.4, 0.5) is 21.5 Å². The van der Waals surface area contributed by atoms with E-state index in [1.54, 1.807) is 24.3 Å². The molecule has 0 saturated carbocycles. The monoisotopic (exact) mass is 684 g/mol. The molecular weight excluding hydrogens is 645 g/mol. The lowest BCUT2D eigenvalue weighted by Crippen LogP contribution is -2.30. The van der Waals surface area contributed by atoms with Crippen LogP contribution in [0.1, 0.15) is 30.5 Å². The average Bonchev–Trinajstić information content (AvgIpc) is 3.38. The van der Waals surface area contributed by atoms with E-state index in [4.69, 9.17) is 15.2 Å². The number of alkyl halides is 1. The quantitative estimate of drug-likeness (QED) is 0.111. The molecule has 3 unspecified atom stereocenters.